The summed E-state index contributed by atoms with van der Waals surface area (Å²) in [5.41, 5.74) is 1.15. The zero-order chi connectivity index (χ0) is 10.9. The Hall–Kier alpha value is -0.930. The lowest BCUT2D eigenvalue weighted by molar-refractivity contribution is 0.148. The number of hydrogen-bond donors (Lipinski definition) is 1. The van der Waals surface area contributed by atoms with E-state index in [9.17, 15) is 0 Å². The van der Waals surface area contributed by atoms with Crippen molar-refractivity contribution in [2.45, 2.75) is 6.61 Å². The highest BCUT2D eigenvalue weighted by Crippen LogP contribution is 2.11. The smallest absolute Gasteiger partial charge is 0.118 e. The normalized spacial score (nSPS) is 10.8. The molecule has 82 valence electrons. The van der Waals surface area contributed by atoms with Crippen molar-refractivity contribution in [3.05, 3.63) is 42.0 Å². The van der Waals surface area contributed by atoms with Crippen molar-refractivity contribution >= 4 is 12.6 Å². The van der Waals surface area contributed by atoms with Gasteiger partial charge in [-0.25, -0.2) is 0 Å². The molecule has 0 saturated heterocycles. The second kappa shape index (κ2) is 7.37. The number of methoxy groups -OCH3 is 1. The maximum absolute atomic E-state index is 5.43. The van der Waals surface area contributed by atoms with E-state index in [2.05, 4.69) is 12.6 Å². The molecular formula is C12H16O2S. The van der Waals surface area contributed by atoms with Crippen molar-refractivity contribution in [2.75, 3.05) is 19.5 Å². The number of rotatable bonds is 6. The molecule has 0 aliphatic rings. The summed E-state index contributed by atoms with van der Waals surface area (Å²) >= 11 is 4.06. The van der Waals surface area contributed by atoms with E-state index in [0.717, 1.165) is 17.1 Å². The molecule has 0 spiro atoms. The Morgan fingerprint density at radius 1 is 1.20 bits per heavy atom. The van der Waals surface area contributed by atoms with Gasteiger partial charge in [-0.15, -0.1) is 0 Å². The van der Waals surface area contributed by atoms with Crippen LogP contribution >= 0.6 is 12.6 Å². The van der Waals surface area contributed by atoms with Crippen LogP contribution in [-0.2, 0) is 11.3 Å². The molecule has 0 aromatic heterocycles. The van der Waals surface area contributed by atoms with Crippen LogP contribution in [0, 0.1) is 0 Å². The van der Waals surface area contributed by atoms with E-state index < -0.39 is 0 Å². The Kier molecular flexibility index (Phi) is 5.97. The summed E-state index contributed by atoms with van der Waals surface area (Å²) in [5, 5.41) is 0. The molecule has 15 heavy (non-hydrogen) atoms. The van der Waals surface area contributed by atoms with Gasteiger partial charge >= 0.3 is 0 Å². The standard InChI is InChI=1S/C12H16O2S/c1-13-12-6-4-11(5-7-12)10-14-8-2-3-9-15/h2-7,15H,8-10H2,1H3. The summed E-state index contributed by atoms with van der Waals surface area (Å²) in [4.78, 5) is 0. The van der Waals surface area contributed by atoms with Gasteiger partial charge in [0, 0.05) is 5.75 Å². The number of thiol groups is 1. The summed E-state index contributed by atoms with van der Waals surface area (Å²) in [5.74, 6) is 1.63. The molecular weight excluding hydrogens is 208 g/mol. The highest BCUT2D eigenvalue weighted by atomic mass is 32.1. The van der Waals surface area contributed by atoms with E-state index in [1.165, 1.54) is 0 Å². The van der Waals surface area contributed by atoms with E-state index in [0.29, 0.717) is 13.2 Å². The number of hydrogen-bond acceptors (Lipinski definition) is 3. The maximum Gasteiger partial charge on any atom is 0.118 e. The first-order valence-corrected chi connectivity index (χ1v) is 5.46. The molecule has 0 aliphatic heterocycles. The van der Waals surface area contributed by atoms with Crippen molar-refractivity contribution in [1.82, 2.24) is 0 Å². The fraction of sp³-hybridized carbons (Fsp3) is 0.333. The van der Waals surface area contributed by atoms with Crippen LogP contribution in [0.2, 0.25) is 0 Å². The second-order valence-corrected chi connectivity index (χ2v) is 3.38. The molecule has 3 heteroatoms. The third-order valence-electron chi connectivity index (χ3n) is 1.91. The summed E-state index contributed by atoms with van der Waals surface area (Å²) < 4.78 is 10.5. The molecule has 0 unspecified atom stereocenters. The fourth-order valence-electron chi connectivity index (χ4n) is 1.11. The van der Waals surface area contributed by atoms with Gasteiger partial charge in [0.25, 0.3) is 0 Å². The topological polar surface area (TPSA) is 18.5 Å². The largest absolute Gasteiger partial charge is 0.497 e. The van der Waals surface area contributed by atoms with Crippen molar-refractivity contribution in [1.29, 1.82) is 0 Å². The van der Waals surface area contributed by atoms with Gasteiger partial charge in [0.2, 0.25) is 0 Å². The van der Waals surface area contributed by atoms with Gasteiger partial charge in [-0.05, 0) is 17.7 Å². The minimum Gasteiger partial charge on any atom is -0.497 e. The predicted molar refractivity (Wildman–Crippen MR) is 65.6 cm³/mol. The van der Waals surface area contributed by atoms with Crippen molar-refractivity contribution in [3.8, 4) is 5.75 Å². The molecule has 0 aliphatic carbocycles. The van der Waals surface area contributed by atoms with E-state index in [1.54, 1.807) is 7.11 Å². The predicted octanol–water partition coefficient (Wildman–Crippen LogP) is 2.70. The van der Waals surface area contributed by atoms with Gasteiger partial charge < -0.3 is 9.47 Å². The zero-order valence-electron chi connectivity index (χ0n) is 8.85. The van der Waals surface area contributed by atoms with Gasteiger partial charge in [0.05, 0.1) is 20.3 Å². The maximum atomic E-state index is 5.43. The van der Waals surface area contributed by atoms with Crippen LogP contribution in [0.15, 0.2) is 36.4 Å². The van der Waals surface area contributed by atoms with Crippen molar-refractivity contribution in [3.63, 3.8) is 0 Å². The first kappa shape index (κ1) is 12.1. The van der Waals surface area contributed by atoms with Gasteiger partial charge in [0.1, 0.15) is 5.75 Å². The van der Waals surface area contributed by atoms with E-state index in [4.69, 9.17) is 9.47 Å². The molecule has 1 rings (SSSR count). The Morgan fingerprint density at radius 2 is 1.93 bits per heavy atom. The molecule has 1 aromatic rings. The lowest BCUT2D eigenvalue weighted by atomic mass is 10.2. The Bertz CT molecular complexity index is 293. The highest BCUT2D eigenvalue weighted by Gasteiger charge is 1.93. The molecule has 0 bridgehead atoms. The summed E-state index contributed by atoms with van der Waals surface area (Å²) in [7, 11) is 1.66. The molecule has 2 nitrogen and oxygen atoms in total. The van der Waals surface area contributed by atoms with Crippen LogP contribution in [0.3, 0.4) is 0 Å². The number of ether oxygens (including phenoxy) is 2. The Labute approximate surface area is 96.3 Å². The summed E-state index contributed by atoms with van der Waals surface area (Å²) in [6, 6.07) is 7.87. The van der Waals surface area contributed by atoms with Crippen LogP contribution in [0.25, 0.3) is 0 Å². The minimum absolute atomic E-state index is 0.626. The monoisotopic (exact) mass is 224 g/mol. The first-order chi connectivity index (χ1) is 7.36. The molecule has 0 amide bonds. The van der Waals surface area contributed by atoms with E-state index >= 15 is 0 Å². The SMILES string of the molecule is COc1ccc(COCC=CCS)cc1. The van der Waals surface area contributed by atoms with Gasteiger partial charge in [-0.3, -0.25) is 0 Å². The molecule has 0 atom stereocenters. The molecule has 0 heterocycles. The third-order valence-corrected chi connectivity index (χ3v) is 2.12. The average Bonchev–Trinajstić information content (AvgIpc) is 2.30. The van der Waals surface area contributed by atoms with E-state index in [1.807, 2.05) is 36.4 Å². The van der Waals surface area contributed by atoms with Gasteiger partial charge in [-0.1, -0.05) is 24.3 Å². The van der Waals surface area contributed by atoms with Crippen LogP contribution in [0.1, 0.15) is 5.56 Å². The average molecular weight is 224 g/mol. The van der Waals surface area contributed by atoms with Crippen molar-refractivity contribution < 1.29 is 9.47 Å². The Balaban J connectivity index is 2.28. The molecule has 0 saturated carbocycles. The quantitative estimate of drug-likeness (QED) is 0.455. The zero-order valence-corrected chi connectivity index (χ0v) is 9.74. The molecule has 1 aromatic carbocycles. The lowest BCUT2D eigenvalue weighted by Crippen LogP contribution is -1.93. The van der Waals surface area contributed by atoms with E-state index in [-0.39, 0.29) is 0 Å². The summed E-state index contributed by atoms with van der Waals surface area (Å²) in [6.07, 6.45) is 3.94. The van der Waals surface area contributed by atoms with Crippen LogP contribution < -0.4 is 4.74 Å². The first-order valence-electron chi connectivity index (χ1n) is 4.83. The fourth-order valence-corrected chi connectivity index (χ4v) is 1.26. The van der Waals surface area contributed by atoms with Gasteiger partial charge in [-0.2, -0.15) is 12.6 Å². The highest BCUT2D eigenvalue weighted by molar-refractivity contribution is 7.80. The molecule has 0 fully saturated rings. The molecule has 0 radical (unpaired) electrons. The third kappa shape index (κ3) is 4.91. The molecule has 0 N–H and O–H groups in total. The van der Waals surface area contributed by atoms with Gasteiger partial charge in [0.15, 0.2) is 0 Å². The van der Waals surface area contributed by atoms with Crippen LogP contribution in [0.4, 0.5) is 0 Å². The summed E-state index contributed by atoms with van der Waals surface area (Å²) in [6.45, 7) is 1.26. The second-order valence-electron chi connectivity index (χ2n) is 3.02. The van der Waals surface area contributed by atoms with Crippen LogP contribution in [-0.4, -0.2) is 19.5 Å². The number of benzene rings is 1. The van der Waals surface area contributed by atoms with Crippen molar-refractivity contribution in [2.24, 2.45) is 0 Å². The minimum atomic E-state index is 0.626. The Morgan fingerprint density at radius 3 is 2.53 bits per heavy atom. The lowest BCUT2D eigenvalue weighted by Gasteiger charge is -2.03. The van der Waals surface area contributed by atoms with Crippen LogP contribution in [0.5, 0.6) is 5.75 Å².